The zero-order valence-electron chi connectivity index (χ0n) is 9.07. The minimum absolute atomic E-state index is 0.0434. The summed E-state index contributed by atoms with van der Waals surface area (Å²) in [5.74, 6) is 0. The predicted octanol–water partition coefficient (Wildman–Crippen LogP) is 2.05. The molecule has 2 N–H and O–H groups in total. The first-order valence-electron chi connectivity index (χ1n) is 5.20. The van der Waals surface area contributed by atoms with E-state index in [1.54, 1.807) is 6.07 Å². The predicted molar refractivity (Wildman–Crippen MR) is 69.8 cm³/mol. The lowest BCUT2D eigenvalue weighted by molar-refractivity contribution is 0.509. The highest BCUT2D eigenvalue weighted by molar-refractivity contribution is 7.55. The van der Waals surface area contributed by atoms with E-state index in [9.17, 15) is 18.9 Å². The molecule has 0 spiro atoms. The van der Waals surface area contributed by atoms with Gasteiger partial charge in [-0.05, 0) is 31.9 Å². The van der Waals surface area contributed by atoms with Gasteiger partial charge in [-0.2, -0.15) is 9.79 Å². The molecular weight excluding hydrogens is 270 g/mol. The van der Waals surface area contributed by atoms with Gasteiger partial charge in [0.15, 0.2) is 0 Å². The largest absolute Gasteiger partial charge is 0.551 e. The van der Waals surface area contributed by atoms with Gasteiger partial charge in [0, 0.05) is 6.07 Å². The van der Waals surface area contributed by atoms with E-state index in [0.717, 1.165) is 16.7 Å². The Bertz CT molecular complexity index is 709. The summed E-state index contributed by atoms with van der Waals surface area (Å²) in [6.45, 7) is 0. The van der Waals surface area contributed by atoms with Crippen LogP contribution >= 0.6 is 16.1 Å². The summed E-state index contributed by atoms with van der Waals surface area (Å²) < 4.78 is 22.7. The second-order valence-corrected chi connectivity index (χ2v) is 5.97. The maximum absolute atomic E-state index is 11.5. The van der Waals surface area contributed by atoms with Crippen LogP contribution in [0.2, 0.25) is 0 Å². The van der Waals surface area contributed by atoms with Crippen molar-refractivity contribution in [3.63, 3.8) is 0 Å². The van der Waals surface area contributed by atoms with Crippen molar-refractivity contribution in [3.8, 4) is 22.3 Å². The summed E-state index contributed by atoms with van der Waals surface area (Å²) in [4.78, 5) is 18.6. The van der Waals surface area contributed by atoms with E-state index in [1.807, 2.05) is 24.3 Å². The lowest BCUT2D eigenvalue weighted by atomic mass is 9.81. The monoisotopic (exact) mass is 278 g/mol. The Labute approximate surface area is 105 Å². The Morgan fingerprint density at radius 2 is 1.44 bits per heavy atom. The van der Waals surface area contributed by atoms with Crippen molar-refractivity contribution in [1.29, 1.82) is 0 Å². The highest BCUT2D eigenvalue weighted by atomic mass is 31.1. The number of hydrogen-bond acceptors (Lipinski definition) is 2. The third kappa shape index (κ3) is 1.48. The Kier molecular flexibility index (Phi) is 2.61. The fourth-order valence-electron chi connectivity index (χ4n) is 2.30. The summed E-state index contributed by atoms with van der Waals surface area (Å²) in [5, 5.41) is 0.131. The van der Waals surface area contributed by atoms with Crippen LogP contribution in [0.5, 0.6) is 0 Å². The van der Waals surface area contributed by atoms with Crippen LogP contribution in [0.25, 0.3) is 22.3 Å². The minimum Gasteiger partial charge on any atom is -0.156 e. The van der Waals surface area contributed by atoms with Crippen LogP contribution in [0, 0.1) is 0 Å². The second kappa shape index (κ2) is 4.04. The van der Waals surface area contributed by atoms with Crippen LogP contribution in [-0.4, -0.2) is 9.79 Å². The van der Waals surface area contributed by atoms with E-state index in [0.29, 0.717) is 5.56 Å². The summed E-state index contributed by atoms with van der Waals surface area (Å²) >= 11 is 0. The summed E-state index contributed by atoms with van der Waals surface area (Å²) in [6, 6.07) is 10.7. The van der Waals surface area contributed by atoms with E-state index >= 15 is 0 Å². The van der Waals surface area contributed by atoms with Crippen LogP contribution in [-0.2, 0) is 9.13 Å². The van der Waals surface area contributed by atoms with Gasteiger partial charge in [0.2, 0.25) is 0 Å². The number of fused-ring (bicyclic) bond motifs is 4. The van der Waals surface area contributed by atoms with Crippen molar-refractivity contribution >= 4 is 26.7 Å². The first-order valence-corrected chi connectivity index (χ1v) is 7.63. The molecule has 18 heavy (non-hydrogen) atoms. The van der Waals surface area contributed by atoms with Crippen molar-refractivity contribution < 1.29 is 18.9 Å². The Morgan fingerprint density at radius 3 is 2.06 bits per heavy atom. The molecule has 3 rings (SSSR count). The van der Waals surface area contributed by atoms with Gasteiger partial charge in [-0.1, -0.05) is 24.3 Å². The van der Waals surface area contributed by atoms with Crippen molar-refractivity contribution in [3.05, 3.63) is 36.4 Å². The van der Waals surface area contributed by atoms with Crippen LogP contribution < -0.4 is 10.6 Å². The summed E-state index contributed by atoms with van der Waals surface area (Å²) in [5.41, 5.74) is 3.35. The van der Waals surface area contributed by atoms with Gasteiger partial charge in [-0.25, -0.2) is 0 Å². The molecule has 0 saturated heterocycles. The number of hydrogen-bond donors (Lipinski definition) is 2. The van der Waals surface area contributed by atoms with Gasteiger partial charge >= 0.3 is 16.1 Å². The van der Waals surface area contributed by atoms with E-state index in [2.05, 4.69) is 0 Å². The lowest BCUT2D eigenvalue weighted by Crippen LogP contribution is -2.24. The molecule has 6 heteroatoms. The number of benzene rings is 2. The standard InChI is InChI=1S/C12H6O4P2/c13-17(14)10-6-5-9-7-3-1-2-4-8(7)11(9)12(10)18(15)16/h1-6H/p+2. The topological polar surface area (TPSA) is 74.6 Å². The first kappa shape index (κ1) is 11.6. The Hall–Kier alpha value is -1.44. The average molecular weight is 278 g/mol. The first-order chi connectivity index (χ1) is 8.61. The minimum atomic E-state index is -2.65. The molecule has 88 valence electrons. The Morgan fingerprint density at radius 1 is 0.778 bits per heavy atom. The number of rotatable bonds is 2. The zero-order valence-corrected chi connectivity index (χ0v) is 10.9. The summed E-state index contributed by atoms with van der Waals surface area (Å²) in [7, 11) is -5.28. The van der Waals surface area contributed by atoms with Gasteiger partial charge in [0.25, 0.3) is 10.6 Å². The van der Waals surface area contributed by atoms with E-state index < -0.39 is 16.1 Å². The fourth-order valence-corrected chi connectivity index (χ4v) is 4.01. The van der Waals surface area contributed by atoms with Crippen molar-refractivity contribution in [2.75, 3.05) is 0 Å². The molecule has 0 radical (unpaired) electrons. The molecule has 0 bridgehead atoms. The normalized spacial score (nSPS) is 13.2. The van der Waals surface area contributed by atoms with Crippen LogP contribution in [0.1, 0.15) is 0 Å². The average Bonchev–Trinajstić information content (AvgIpc) is 2.33. The quantitative estimate of drug-likeness (QED) is 0.703. The highest BCUT2D eigenvalue weighted by Crippen LogP contribution is 2.47. The van der Waals surface area contributed by atoms with Crippen molar-refractivity contribution in [2.24, 2.45) is 0 Å². The van der Waals surface area contributed by atoms with E-state index in [4.69, 9.17) is 0 Å². The zero-order chi connectivity index (χ0) is 12.9. The molecule has 2 unspecified atom stereocenters. The molecule has 1 aliphatic rings. The van der Waals surface area contributed by atoms with Crippen molar-refractivity contribution in [2.45, 2.75) is 0 Å². The van der Waals surface area contributed by atoms with Gasteiger partial charge < -0.3 is 0 Å². The van der Waals surface area contributed by atoms with Crippen molar-refractivity contribution in [1.82, 2.24) is 0 Å². The van der Waals surface area contributed by atoms with Crippen LogP contribution in [0.3, 0.4) is 0 Å². The van der Waals surface area contributed by atoms with E-state index in [1.165, 1.54) is 6.07 Å². The molecule has 4 nitrogen and oxygen atoms in total. The van der Waals surface area contributed by atoms with Gasteiger partial charge in [0.05, 0.1) is 5.56 Å². The molecule has 0 heterocycles. The van der Waals surface area contributed by atoms with Gasteiger partial charge in [-0.3, -0.25) is 0 Å². The molecule has 0 aliphatic heterocycles. The van der Waals surface area contributed by atoms with Gasteiger partial charge in [0.1, 0.15) is 0 Å². The molecule has 1 aliphatic carbocycles. The fraction of sp³-hybridized carbons (Fsp3) is 0. The molecule has 2 aromatic carbocycles. The maximum Gasteiger partial charge on any atom is 0.551 e. The van der Waals surface area contributed by atoms with Gasteiger partial charge in [-0.15, -0.1) is 0 Å². The summed E-state index contributed by atoms with van der Waals surface area (Å²) in [6.07, 6.45) is 0. The van der Waals surface area contributed by atoms with E-state index in [-0.39, 0.29) is 10.6 Å². The molecule has 0 saturated carbocycles. The van der Waals surface area contributed by atoms with Crippen LogP contribution in [0.15, 0.2) is 36.4 Å². The smallest absolute Gasteiger partial charge is 0.156 e. The third-order valence-electron chi connectivity index (χ3n) is 3.04. The third-order valence-corrected chi connectivity index (χ3v) is 4.85. The molecular formula is C12H8O4P2+2. The highest BCUT2D eigenvalue weighted by Gasteiger charge is 2.42. The Balaban J connectivity index is 2.33. The second-order valence-electron chi connectivity index (χ2n) is 3.95. The molecule has 0 aromatic heterocycles. The van der Waals surface area contributed by atoms with Crippen LogP contribution in [0.4, 0.5) is 0 Å². The lowest BCUT2D eigenvalue weighted by Gasteiger charge is -2.22. The molecule has 2 aromatic rings. The molecule has 0 fully saturated rings. The molecule has 2 atom stereocenters. The maximum atomic E-state index is 11.5. The molecule has 0 amide bonds. The SMILES string of the molecule is O=[P+](O)c1ccc2c(c1[P+](=O)O)-c1ccccc1-2.